The van der Waals surface area contributed by atoms with Crippen molar-refractivity contribution >= 4 is 11.8 Å². The Kier molecular flexibility index (Phi) is 4.24. The molecule has 146 valence electrons. The predicted octanol–water partition coefficient (Wildman–Crippen LogP) is 1.81. The molecule has 1 heterocycles. The molecule has 0 spiro atoms. The normalized spacial score (nSPS) is 42.2. The van der Waals surface area contributed by atoms with Crippen molar-refractivity contribution in [2.45, 2.75) is 63.2 Å². The number of carbonyl (C=O) groups excluding carboxylic acids is 2. The first-order chi connectivity index (χ1) is 12.2. The van der Waals surface area contributed by atoms with Crippen molar-refractivity contribution in [1.29, 1.82) is 0 Å². The van der Waals surface area contributed by atoms with Crippen molar-refractivity contribution in [2.24, 2.45) is 28.9 Å². The van der Waals surface area contributed by atoms with Gasteiger partial charge in [0.2, 0.25) is 11.8 Å². The minimum absolute atomic E-state index is 0.0292. The summed E-state index contributed by atoms with van der Waals surface area (Å²) in [6, 6.07) is -1.54. The van der Waals surface area contributed by atoms with E-state index in [1.165, 1.54) is 4.90 Å². The molecule has 26 heavy (non-hydrogen) atoms. The second-order valence-electron chi connectivity index (χ2n) is 8.88. The molecule has 2 amide bonds. The number of halogens is 3. The van der Waals surface area contributed by atoms with E-state index in [2.05, 4.69) is 5.32 Å². The van der Waals surface area contributed by atoms with E-state index in [1.54, 1.807) is 0 Å². The molecule has 5 aliphatic rings. The van der Waals surface area contributed by atoms with E-state index in [4.69, 9.17) is 5.73 Å². The number of carbonyl (C=O) groups is 2. The predicted molar refractivity (Wildman–Crippen MR) is 87.8 cm³/mol. The lowest BCUT2D eigenvalue weighted by Crippen LogP contribution is -2.62. The van der Waals surface area contributed by atoms with Crippen molar-refractivity contribution in [3.8, 4) is 0 Å². The second kappa shape index (κ2) is 6.11. The molecule has 5 rings (SSSR count). The Morgan fingerprint density at radius 1 is 1.15 bits per heavy atom. The van der Waals surface area contributed by atoms with Crippen LogP contribution >= 0.6 is 0 Å². The molecule has 5 fully saturated rings. The molecular formula is C18H26F3N3O2. The van der Waals surface area contributed by atoms with E-state index >= 15 is 0 Å². The van der Waals surface area contributed by atoms with Crippen LogP contribution in [0.2, 0.25) is 0 Å². The average Bonchev–Trinajstić information content (AvgIpc) is 2.98. The van der Waals surface area contributed by atoms with Crippen LogP contribution < -0.4 is 11.1 Å². The van der Waals surface area contributed by atoms with Gasteiger partial charge in [-0.1, -0.05) is 0 Å². The first kappa shape index (κ1) is 18.1. The van der Waals surface area contributed by atoms with Gasteiger partial charge in [-0.3, -0.25) is 14.5 Å². The fraction of sp³-hybridized carbons (Fsp3) is 0.889. The maximum atomic E-state index is 13.1. The van der Waals surface area contributed by atoms with Gasteiger partial charge in [0.1, 0.15) is 6.04 Å². The van der Waals surface area contributed by atoms with Crippen LogP contribution in [0.25, 0.3) is 0 Å². The number of amides is 2. The Balaban J connectivity index is 1.39. The Morgan fingerprint density at radius 3 is 2.38 bits per heavy atom. The van der Waals surface area contributed by atoms with Crippen LogP contribution in [0.1, 0.15) is 44.9 Å². The summed E-state index contributed by atoms with van der Waals surface area (Å²) in [7, 11) is 0. The van der Waals surface area contributed by atoms with Crippen molar-refractivity contribution in [2.75, 3.05) is 13.1 Å². The summed E-state index contributed by atoms with van der Waals surface area (Å²) in [6.07, 6.45) is 0.467. The quantitative estimate of drug-likeness (QED) is 0.789. The lowest BCUT2D eigenvalue weighted by atomic mass is 9.47. The maximum absolute atomic E-state index is 13.1. The number of alkyl halides is 3. The second-order valence-corrected chi connectivity index (χ2v) is 8.88. The first-order valence-electron chi connectivity index (χ1n) is 9.58. The van der Waals surface area contributed by atoms with E-state index in [-0.39, 0.29) is 42.7 Å². The zero-order valence-corrected chi connectivity index (χ0v) is 14.7. The SMILES string of the molecule is NC(=O)C12CC3CC(C1)C(NC(=O)CN1CCCC1C(F)(F)F)C(C3)C2. The summed E-state index contributed by atoms with van der Waals surface area (Å²) in [4.78, 5) is 25.7. The van der Waals surface area contributed by atoms with Crippen LogP contribution in [0, 0.1) is 23.2 Å². The Hall–Kier alpha value is -1.31. The number of hydrogen-bond acceptors (Lipinski definition) is 3. The lowest BCUT2D eigenvalue weighted by molar-refractivity contribution is -0.176. The summed E-state index contributed by atoms with van der Waals surface area (Å²) < 4.78 is 39.2. The Morgan fingerprint density at radius 2 is 1.81 bits per heavy atom. The number of nitrogens with one attached hydrogen (secondary N) is 1. The zero-order chi connectivity index (χ0) is 18.7. The molecular weight excluding hydrogens is 347 g/mol. The molecule has 4 aliphatic carbocycles. The molecule has 3 unspecified atom stereocenters. The maximum Gasteiger partial charge on any atom is 0.404 e. The molecule has 4 bridgehead atoms. The van der Waals surface area contributed by atoms with Crippen LogP contribution in [-0.4, -0.2) is 48.1 Å². The molecule has 0 aromatic carbocycles. The first-order valence-corrected chi connectivity index (χ1v) is 9.58. The number of likely N-dealkylation sites (tertiary alicyclic amines) is 1. The smallest absolute Gasteiger partial charge is 0.369 e. The van der Waals surface area contributed by atoms with Crippen LogP contribution in [0.4, 0.5) is 13.2 Å². The fourth-order valence-electron chi connectivity index (χ4n) is 6.36. The summed E-state index contributed by atoms with van der Waals surface area (Å²) >= 11 is 0. The highest BCUT2D eigenvalue weighted by Gasteiger charge is 2.58. The monoisotopic (exact) mass is 373 g/mol. The molecule has 3 N–H and O–H groups in total. The van der Waals surface area contributed by atoms with Crippen LogP contribution in [0.15, 0.2) is 0 Å². The fourth-order valence-corrected chi connectivity index (χ4v) is 6.36. The van der Waals surface area contributed by atoms with Crippen LogP contribution in [0.3, 0.4) is 0 Å². The van der Waals surface area contributed by atoms with Crippen molar-refractivity contribution < 1.29 is 22.8 Å². The topological polar surface area (TPSA) is 75.4 Å². The molecule has 3 atom stereocenters. The minimum Gasteiger partial charge on any atom is -0.369 e. The van der Waals surface area contributed by atoms with Gasteiger partial charge in [-0.2, -0.15) is 13.2 Å². The highest BCUT2D eigenvalue weighted by Crippen LogP contribution is 2.59. The largest absolute Gasteiger partial charge is 0.404 e. The molecule has 5 nitrogen and oxygen atoms in total. The van der Waals surface area contributed by atoms with Gasteiger partial charge in [0.15, 0.2) is 0 Å². The van der Waals surface area contributed by atoms with Crippen molar-refractivity contribution in [3.63, 3.8) is 0 Å². The van der Waals surface area contributed by atoms with Crippen LogP contribution in [0.5, 0.6) is 0 Å². The highest BCUT2D eigenvalue weighted by atomic mass is 19.4. The summed E-state index contributed by atoms with van der Waals surface area (Å²) in [5.74, 6) is 0.365. The number of hydrogen-bond donors (Lipinski definition) is 2. The molecule has 4 saturated carbocycles. The van der Waals surface area contributed by atoms with E-state index in [9.17, 15) is 22.8 Å². The van der Waals surface area contributed by atoms with Gasteiger partial charge >= 0.3 is 6.18 Å². The average molecular weight is 373 g/mol. The van der Waals surface area contributed by atoms with Crippen LogP contribution in [-0.2, 0) is 9.59 Å². The standard InChI is InChI=1S/C18H26F3N3O2/c19-18(20,21)13-2-1-3-24(13)9-14(25)23-15-11-4-10-5-12(15)8-17(6-10,7-11)16(22)26/h10-13,15H,1-9H2,(H2,22,26)(H,23,25). The number of nitrogens with zero attached hydrogens (tertiary/aromatic N) is 1. The number of rotatable bonds is 4. The molecule has 1 saturated heterocycles. The van der Waals surface area contributed by atoms with Gasteiger partial charge in [0, 0.05) is 11.5 Å². The summed E-state index contributed by atoms with van der Waals surface area (Å²) in [5, 5.41) is 3.02. The zero-order valence-electron chi connectivity index (χ0n) is 14.7. The Bertz CT molecular complexity index is 593. The molecule has 8 heteroatoms. The highest BCUT2D eigenvalue weighted by molar-refractivity contribution is 5.82. The van der Waals surface area contributed by atoms with E-state index in [0.717, 1.165) is 19.3 Å². The van der Waals surface area contributed by atoms with Gasteiger partial charge in [-0.25, -0.2) is 0 Å². The van der Waals surface area contributed by atoms with Gasteiger partial charge in [-0.15, -0.1) is 0 Å². The van der Waals surface area contributed by atoms with Gasteiger partial charge in [0.05, 0.1) is 6.54 Å². The van der Waals surface area contributed by atoms with E-state index < -0.39 is 17.6 Å². The van der Waals surface area contributed by atoms with Crippen molar-refractivity contribution in [3.05, 3.63) is 0 Å². The minimum atomic E-state index is -4.28. The van der Waals surface area contributed by atoms with Crippen molar-refractivity contribution in [1.82, 2.24) is 10.2 Å². The molecule has 0 aromatic heterocycles. The van der Waals surface area contributed by atoms with E-state index in [0.29, 0.717) is 31.7 Å². The molecule has 1 aliphatic heterocycles. The Labute approximate surface area is 150 Å². The number of nitrogens with two attached hydrogens (primary N) is 1. The number of primary amides is 1. The summed E-state index contributed by atoms with van der Waals surface area (Å²) in [6.45, 7) is 0.104. The van der Waals surface area contributed by atoms with E-state index in [1.807, 2.05) is 0 Å². The third-order valence-corrected chi connectivity index (χ3v) is 7.21. The third kappa shape index (κ3) is 3.00. The third-order valence-electron chi connectivity index (χ3n) is 7.21. The molecule has 0 radical (unpaired) electrons. The molecule has 0 aromatic rings. The van der Waals surface area contributed by atoms with Gasteiger partial charge in [-0.05, 0) is 69.2 Å². The summed E-state index contributed by atoms with van der Waals surface area (Å²) in [5.41, 5.74) is 5.24. The van der Waals surface area contributed by atoms with Gasteiger partial charge in [0.25, 0.3) is 0 Å². The lowest BCUT2D eigenvalue weighted by Gasteiger charge is -2.58. The van der Waals surface area contributed by atoms with Gasteiger partial charge < -0.3 is 11.1 Å².